The monoisotopic (exact) mass is 234 g/mol. The molecular weight excluding hydrogens is 224 g/mol. The van der Waals surface area contributed by atoms with Gasteiger partial charge in [-0.05, 0) is 18.2 Å². The lowest BCUT2D eigenvalue weighted by Crippen LogP contribution is -2.03. The zero-order valence-corrected chi connectivity index (χ0v) is 9.53. The summed E-state index contributed by atoms with van der Waals surface area (Å²) >= 11 is 0. The molecule has 0 bridgehead atoms. The molecule has 0 saturated heterocycles. The van der Waals surface area contributed by atoms with Gasteiger partial charge in [0, 0.05) is 21.8 Å². The maximum atomic E-state index is 12.4. The van der Waals surface area contributed by atoms with E-state index in [-0.39, 0.29) is 5.43 Å². The maximum absolute atomic E-state index is 12.4. The molecule has 0 aliphatic rings. The second-order valence-corrected chi connectivity index (χ2v) is 4.42. The van der Waals surface area contributed by atoms with Crippen LogP contribution in [0.2, 0.25) is 0 Å². The Morgan fingerprint density at radius 1 is 0.667 bits per heavy atom. The molecule has 0 unspecified atom stereocenters. The number of pyridine rings is 1. The molecule has 2 aromatic carbocycles. The summed E-state index contributed by atoms with van der Waals surface area (Å²) in [5, 5.41) is 1.77. The van der Waals surface area contributed by atoms with Gasteiger partial charge in [-0.1, -0.05) is 30.3 Å². The standard InChI is InChI=1S/C15H10N2O/c18-15-10-6-2-4-8-12(10)16-13-9-5-1-3-7-11(9)17-14(13)15/h1-8,17H,(H,16,18). The topological polar surface area (TPSA) is 48.6 Å². The van der Waals surface area contributed by atoms with Crippen LogP contribution < -0.4 is 5.43 Å². The van der Waals surface area contributed by atoms with Crippen LogP contribution in [0.1, 0.15) is 0 Å². The zero-order chi connectivity index (χ0) is 12.1. The van der Waals surface area contributed by atoms with E-state index in [2.05, 4.69) is 9.97 Å². The number of benzene rings is 2. The van der Waals surface area contributed by atoms with Crippen molar-refractivity contribution in [1.82, 2.24) is 9.97 Å². The minimum absolute atomic E-state index is 0.0514. The van der Waals surface area contributed by atoms with Crippen LogP contribution in [0.5, 0.6) is 0 Å². The van der Waals surface area contributed by atoms with Crippen molar-refractivity contribution in [2.45, 2.75) is 0 Å². The first-order chi connectivity index (χ1) is 8.84. The molecule has 0 aliphatic heterocycles. The SMILES string of the molecule is O=c1c2ccccc2[nH]c2c1[nH]c1ccccc12. The number of aromatic amines is 2. The molecule has 0 amide bonds. The van der Waals surface area contributed by atoms with E-state index >= 15 is 0 Å². The van der Waals surface area contributed by atoms with Crippen molar-refractivity contribution in [3.8, 4) is 0 Å². The Kier molecular flexibility index (Phi) is 1.70. The summed E-state index contributed by atoms with van der Waals surface area (Å²) in [6, 6.07) is 15.5. The molecule has 3 nitrogen and oxygen atoms in total. The first-order valence-electron chi connectivity index (χ1n) is 5.86. The third-order valence-corrected chi connectivity index (χ3v) is 3.36. The number of hydrogen-bond acceptors (Lipinski definition) is 1. The van der Waals surface area contributed by atoms with Gasteiger partial charge in [0.05, 0.1) is 5.52 Å². The molecule has 18 heavy (non-hydrogen) atoms. The number of nitrogens with one attached hydrogen (secondary N) is 2. The van der Waals surface area contributed by atoms with Crippen LogP contribution in [0.4, 0.5) is 0 Å². The van der Waals surface area contributed by atoms with Gasteiger partial charge >= 0.3 is 0 Å². The predicted molar refractivity (Wildman–Crippen MR) is 73.9 cm³/mol. The fourth-order valence-electron chi connectivity index (χ4n) is 2.50. The Bertz CT molecular complexity index is 947. The van der Waals surface area contributed by atoms with Crippen LogP contribution in [0.25, 0.3) is 32.8 Å². The van der Waals surface area contributed by atoms with Crippen LogP contribution in [-0.2, 0) is 0 Å². The summed E-state index contributed by atoms with van der Waals surface area (Å²) in [6.45, 7) is 0. The van der Waals surface area contributed by atoms with Crippen LogP contribution in [0, 0.1) is 0 Å². The molecule has 0 atom stereocenters. The molecule has 2 N–H and O–H groups in total. The maximum Gasteiger partial charge on any atom is 0.213 e. The summed E-state index contributed by atoms with van der Waals surface area (Å²) < 4.78 is 0. The fourth-order valence-corrected chi connectivity index (χ4v) is 2.50. The Hall–Kier alpha value is -2.55. The largest absolute Gasteiger partial charge is 0.353 e. The van der Waals surface area contributed by atoms with E-state index in [1.54, 1.807) is 0 Å². The van der Waals surface area contributed by atoms with Gasteiger partial charge in [0.15, 0.2) is 0 Å². The average Bonchev–Trinajstić information content (AvgIpc) is 2.79. The summed E-state index contributed by atoms with van der Waals surface area (Å²) in [4.78, 5) is 18.9. The number of para-hydroxylation sites is 2. The molecule has 4 aromatic rings. The summed E-state index contributed by atoms with van der Waals surface area (Å²) in [6.07, 6.45) is 0. The lowest BCUT2D eigenvalue weighted by atomic mass is 10.1. The van der Waals surface area contributed by atoms with E-state index in [9.17, 15) is 4.79 Å². The second-order valence-electron chi connectivity index (χ2n) is 4.42. The Morgan fingerprint density at radius 2 is 1.22 bits per heavy atom. The fraction of sp³-hybridized carbons (Fsp3) is 0. The molecule has 2 heterocycles. The van der Waals surface area contributed by atoms with Crippen molar-refractivity contribution in [3.05, 3.63) is 58.8 Å². The van der Waals surface area contributed by atoms with Crippen LogP contribution >= 0.6 is 0 Å². The second kappa shape index (κ2) is 3.23. The summed E-state index contributed by atoms with van der Waals surface area (Å²) in [7, 11) is 0. The minimum atomic E-state index is 0.0514. The summed E-state index contributed by atoms with van der Waals surface area (Å²) in [5.74, 6) is 0. The average molecular weight is 234 g/mol. The summed E-state index contributed by atoms with van der Waals surface area (Å²) in [5.41, 5.74) is 3.44. The molecule has 3 heteroatoms. The molecule has 0 saturated carbocycles. The first-order valence-corrected chi connectivity index (χ1v) is 5.86. The van der Waals surface area contributed by atoms with Crippen molar-refractivity contribution in [3.63, 3.8) is 0 Å². The van der Waals surface area contributed by atoms with Crippen molar-refractivity contribution < 1.29 is 0 Å². The molecule has 0 spiro atoms. The van der Waals surface area contributed by atoms with E-state index in [1.165, 1.54) is 0 Å². The first kappa shape index (κ1) is 9.48. The minimum Gasteiger partial charge on any atom is -0.353 e. The van der Waals surface area contributed by atoms with Gasteiger partial charge < -0.3 is 9.97 Å². The van der Waals surface area contributed by atoms with Gasteiger partial charge in [-0.15, -0.1) is 0 Å². The molecule has 0 fully saturated rings. The lowest BCUT2D eigenvalue weighted by molar-refractivity contribution is 1.46. The highest BCUT2D eigenvalue weighted by molar-refractivity contribution is 6.07. The van der Waals surface area contributed by atoms with Gasteiger partial charge in [-0.3, -0.25) is 4.79 Å². The molecule has 86 valence electrons. The highest BCUT2D eigenvalue weighted by Crippen LogP contribution is 2.23. The molecule has 4 rings (SSSR count). The highest BCUT2D eigenvalue weighted by atomic mass is 16.1. The number of rotatable bonds is 0. The lowest BCUT2D eigenvalue weighted by Gasteiger charge is -1.98. The zero-order valence-electron chi connectivity index (χ0n) is 9.53. The quantitative estimate of drug-likeness (QED) is 0.482. The predicted octanol–water partition coefficient (Wildman–Crippen LogP) is 3.16. The van der Waals surface area contributed by atoms with Gasteiger partial charge in [-0.25, -0.2) is 0 Å². The Balaban J connectivity index is 2.38. The van der Waals surface area contributed by atoms with Gasteiger partial charge in [0.25, 0.3) is 0 Å². The van der Waals surface area contributed by atoms with E-state index in [0.29, 0.717) is 5.52 Å². The Morgan fingerprint density at radius 3 is 2.00 bits per heavy atom. The number of aromatic nitrogens is 2. The third-order valence-electron chi connectivity index (χ3n) is 3.36. The van der Waals surface area contributed by atoms with Gasteiger partial charge in [0.1, 0.15) is 5.52 Å². The number of fused-ring (bicyclic) bond motifs is 4. The van der Waals surface area contributed by atoms with Gasteiger partial charge in [-0.2, -0.15) is 0 Å². The van der Waals surface area contributed by atoms with E-state index < -0.39 is 0 Å². The van der Waals surface area contributed by atoms with Crippen molar-refractivity contribution in [1.29, 1.82) is 0 Å². The van der Waals surface area contributed by atoms with E-state index in [1.807, 2.05) is 48.5 Å². The van der Waals surface area contributed by atoms with Crippen molar-refractivity contribution in [2.24, 2.45) is 0 Å². The van der Waals surface area contributed by atoms with Crippen molar-refractivity contribution >= 4 is 32.8 Å². The third kappa shape index (κ3) is 1.10. The van der Waals surface area contributed by atoms with E-state index in [0.717, 1.165) is 27.3 Å². The van der Waals surface area contributed by atoms with E-state index in [4.69, 9.17) is 0 Å². The number of hydrogen-bond donors (Lipinski definition) is 2. The molecule has 0 radical (unpaired) electrons. The van der Waals surface area contributed by atoms with Crippen molar-refractivity contribution in [2.75, 3.05) is 0 Å². The smallest absolute Gasteiger partial charge is 0.213 e. The molecule has 0 aliphatic carbocycles. The van der Waals surface area contributed by atoms with Crippen LogP contribution in [0.15, 0.2) is 53.3 Å². The van der Waals surface area contributed by atoms with Crippen LogP contribution in [0.3, 0.4) is 0 Å². The Labute approximate surface area is 102 Å². The van der Waals surface area contributed by atoms with Crippen LogP contribution in [-0.4, -0.2) is 9.97 Å². The number of H-pyrrole nitrogens is 2. The highest BCUT2D eigenvalue weighted by Gasteiger charge is 2.09. The van der Waals surface area contributed by atoms with Gasteiger partial charge in [0.2, 0.25) is 5.43 Å². The normalized spacial score (nSPS) is 11.6. The molecular formula is C15H10N2O. The molecule has 2 aromatic heterocycles.